The van der Waals surface area contributed by atoms with Crippen molar-refractivity contribution in [3.63, 3.8) is 0 Å². The minimum Gasteiger partial charge on any atom is -0.322 e. The molecule has 0 N–H and O–H groups in total. The van der Waals surface area contributed by atoms with E-state index in [4.69, 9.17) is 5.26 Å². The lowest BCUT2D eigenvalue weighted by atomic mass is 10.3. The summed E-state index contributed by atoms with van der Waals surface area (Å²) in [4.78, 5) is 10.8. The van der Waals surface area contributed by atoms with E-state index in [0.717, 1.165) is 7.05 Å². The molecule has 0 fully saturated rings. The Labute approximate surface area is 67.4 Å². The molecule has 0 spiro atoms. The number of halogens is 3. The molecule has 3 nitrogen and oxygen atoms in total. The number of alkyl halides is 3. The third-order valence-corrected chi connectivity index (χ3v) is 1.33. The van der Waals surface area contributed by atoms with Crippen LogP contribution < -0.4 is 0 Å². The number of rotatable bonds is 1. The molecule has 0 saturated carbocycles. The molecule has 0 saturated heterocycles. The van der Waals surface area contributed by atoms with Crippen LogP contribution >= 0.6 is 0 Å². The number of hydrogen-bond donors (Lipinski definition) is 0. The van der Waals surface area contributed by atoms with Crippen molar-refractivity contribution in [3.05, 3.63) is 0 Å². The van der Waals surface area contributed by atoms with Gasteiger partial charge in [-0.3, -0.25) is 4.79 Å². The van der Waals surface area contributed by atoms with Gasteiger partial charge >= 0.3 is 12.1 Å². The molecular formula is C6H7F3N2O. The first-order valence-electron chi connectivity index (χ1n) is 3.04. The van der Waals surface area contributed by atoms with Crippen molar-refractivity contribution < 1.29 is 18.0 Å². The van der Waals surface area contributed by atoms with E-state index in [1.807, 2.05) is 0 Å². The summed E-state index contributed by atoms with van der Waals surface area (Å²) in [5.41, 5.74) is 0. The molecule has 0 aliphatic heterocycles. The molecule has 1 atom stereocenters. The second kappa shape index (κ2) is 3.43. The Hall–Kier alpha value is -1.25. The Kier molecular flexibility index (Phi) is 3.07. The summed E-state index contributed by atoms with van der Waals surface area (Å²) in [5, 5.41) is 8.21. The number of nitrogens with zero attached hydrogens (tertiary/aromatic N) is 2. The lowest BCUT2D eigenvalue weighted by Gasteiger charge is -2.20. The van der Waals surface area contributed by atoms with Crippen molar-refractivity contribution in [2.75, 3.05) is 7.05 Å². The quantitative estimate of drug-likeness (QED) is 0.602. The Morgan fingerprint density at radius 2 is 2.00 bits per heavy atom. The van der Waals surface area contributed by atoms with Crippen LogP contribution in [0.3, 0.4) is 0 Å². The highest BCUT2D eigenvalue weighted by molar-refractivity contribution is 5.82. The van der Waals surface area contributed by atoms with Crippen LogP contribution in [0.5, 0.6) is 0 Å². The Bertz CT molecular complexity index is 218. The Morgan fingerprint density at radius 1 is 1.58 bits per heavy atom. The summed E-state index contributed by atoms with van der Waals surface area (Å²) in [6.45, 7) is 1.21. The zero-order valence-corrected chi connectivity index (χ0v) is 6.51. The maximum Gasteiger partial charge on any atom is 0.471 e. The molecule has 6 heteroatoms. The van der Waals surface area contributed by atoms with Crippen molar-refractivity contribution in [2.24, 2.45) is 0 Å². The highest BCUT2D eigenvalue weighted by Crippen LogP contribution is 2.18. The lowest BCUT2D eigenvalue weighted by Crippen LogP contribution is -2.42. The van der Waals surface area contributed by atoms with Gasteiger partial charge < -0.3 is 4.90 Å². The summed E-state index contributed by atoms with van der Waals surface area (Å²) in [6.07, 6.45) is -4.90. The van der Waals surface area contributed by atoms with E-state index < -0.39 is 18.1 Å². The molecule has 0 aliphatic rings. The van der Waals surface area contributed by atoms with Crippen LogP contribution in [0.25, 0.3) is 0 Å². The molecule has 0 aliphatic carbocycles. The summed E-state index contributed by atoms with van der Waals surface area (Å²) in [6, 6.07) is 0.453. The number of carbonyl (C=O) groups is 1. The van der Waals surface area contributed by atoms with Gasteiger partial charge in [0, 0.05) is 7.05 Å². The van der Waals surface area contributed by atoms with Crippen LogP contribution in [-0.2, 0) is 4.79 Å². The van der Waals surface area contributed by atoms with Crippen molar-refractivity contribution >= 4 is 5.91 Å². The van der Waals surface area contributed by atoms with Crippen LogP contribution in [0.4, 0.5) is 13.2 Å². The van der Waals surface area contributed by atoms with E-state index in [1.54, 1.807) is 0 Å². The molecule has 1 unspecified atom stereocenters. The first kappa shape index (κ1) is 10.8. The molecule has 0 aromatic heterocycles. The van der Waals surface area contributed by atoms with Gasteiger partial charge in [0.05, 0.1) is 6.07 Å². The van der Waals surface area contributed by atoms with Gasteiger partial charge in [0.15, 0.2) is 0 Å². The van der Waals surface area contributed by atoms with Crippen LogP contribution in [0.1, 0.15) is 6.92 Å². The fourth-order valence-corrected chi connectivity index (χ4v) is 0.462. The van der Waals surface area contributed by atoms with E-state index in [0.29, 0.717) is 4.90 Å². The van der Waals surface area contributed by atoms with Crippen LogP contribution in [0.15, 0.2) is 0 Å². The fourth-order valence-electron chi connectivity index (χ4n) is 0.462. The fraction of sp³-hybridized carbons (Fsp3) is 0.667. The molecule has 0 radical (unpaired) electrons. The average Bonchev–Trinajstić information content (AvgIpc) is 1.98. The van der Waals surface area contributed by atoms with Gasteiger partial charge in [-0.05, 0) is 6.92 Å². The highest BCUT2D eigenvalue weighted by Gasteiger charge is 2.42. The maximum atomic E-state index is 11.7. The van der Waals surface area contributed by atoms with E-state index in [1.165, 1.54) is 13.0 Å². The maximum absolute atomic E-state index is 11.7. The molecule has 0 aromatic rings. The van der Waals surface area contributed by atoms with Gasteiger partial charge in [0.1, 0.15) is 6.04 Å². The molecule has 12 heavy (non-hydrogen) atoms. The van der Waals surface area contributed by atoms with Gasteiger partial charge in [-0.1, -0.05) is 0 Å². The van der Waals surface area contributed by atoms with Crippen LogP contribution in [0, 0.1) is 11.3 Å². The third-order valence-electron chi connectivity index (χ3n) is 1.33. The van der Waals surface area contributed by atoms with E-state index in [-0.39, 0.29) is 0 Å². The summed E-state index contributed by atoms with van der Waals surface area (Å²) < 4.78 is 35.1. The van der Waals surface area contributed by atoms with E-state index in [2.05, 4.69) is 0 Å². The molecular weight excluding hydrogens is 173 g/mol. The highest BCUT2D eigenvalue weighted by atomic mass is 19.4. The largest absolute Gasteiger partial charge is 0.471 e. The Balaban J connectivity index is 4.43. The third kappa shape index (κ3) is 2.42. The molecule has 0 bridgehead atoms. The monoisotopic (exact) mass is 180 g/mol. The molecule has 0 aromatic carbocycles. The summed E-state index contributed by atoms with van der Waals surface area (Å²) >= 11 is 0. The number of carbonyl (C=O) groups excluding carboxylic acids is 1. The molecule has 0 rings (SSSR count). The first-order chi connectivity index (χ1) is 5.30. The number of amides is 1. The molecule has 0 heterocycles. The van der Waals surface area contributed by atoms with Gasteiger partial charge in [-0.15, -0.1) is 0 Å². The minimum absolute atomic E-state index is 0.347. The van der Waals surface area contributed by atoms with Gasteiger partial charge in [-0.25, -0.2) is 0 Å². The normalized spacial score (nSPS) is 13.3. The van der Waals surface area contributed by atoms with Gasteiger partial charge in [0.25, 0.3) is 0 Å². The minimum atomic E-state index is -4.90. The van der Waals surface area contributed by atoms with Crippen LogP contribution in [-0.4, -0.2) is 30.1 Å². The zero-order valence-electron chi connectivity index (χ0n) is 6.51. The molecule has 1 amide bonds. The van der Waals surface area contributed by atoms with Crippen molar-refractivity contribution in [3.8, 4) is 6.07 Å². The SMILES string of the molecule is CC(C#N)N(C)C(=O)C(F)(F)F. The summed E-state index contributed by atoms with van der Waals surface area (Å²) in [5.74, 6) is -2.00. The Morgan fingerprint density at radius 3 is 2.25 bits per heavy atom. The number of hydrogen-bond acceptors (Lipinski definition) is 2. The zero-order chi connectivity index (χ0) is 9.94. The van der Waals surface area contributed by atoms with Crippen molar-refractivity contribution in [2.45, 2.75) is 19.1 Å². The van der Waals surface area contributed by atoms with E-state index >= 15 is 0 Å². The van der Waals surface area contributed by atoms with Crippen molar-refractivity contribution in [1.29, 1.82) is 5.26 Å². The number of nitriles is 1. The van der Waals surface area contributed by atoms with Crippen molar-refractivity contribution in [1.82, 2.24) is 4.90 Å². The lowest BCUT2D eigenvalue weighted by molar-refractivity contribution is -0.185. The second-order valence-corrected chi connectivity index (χ2v) is 2.22. The average molecular weight is 180 g/mol. The second-order valence-electron chi connectivity index (χ2n) is 2.22. The molecule has 68 valence electrons. The van der Waals surface area contributed by atoms with E-state index in [9.17, 15) is 18.0 Å². The van der Waals surface area contributed by atoms with Crippen LogP contribution in [0.2, 0.25) is 0 Å². The topological polar surface area (TPSA) is 44.1 Å². The standard InChI is InChI=1S/C6H7F3N2O/c1-4(3-10)11(2)5(12)6(7,8)9/h4H,1-2H3. The summed E-state index contributed by atoms with van der Waals surface area (Å²) in [7, 11) is 0.934. The van der Waals surface area contributed by atoms with Gasteiger partial charge in [0.2, 0.25) is 0 Å². The predicted molar refractivity (Wildman–Crippen MR) is 33.9 cm³/mol. The van der Waals surface area contributed by atoms with Gasteiger partial charge in [-0.2, -0.15) is 18.4 Å². The predicted octanol–water partition coefficient (Wildman–Crippen LogP) is 0.919. The first-order valence-corrected chi connectivity index (χ1v) is 3.04. The smallest absolute Gasteiger partial charge is 0.322 e.